The van der Waals surface area contributed by atoms with E-state index in [1.54, 1.807) is 19.1 Å². The van der Waals surface area contributed by atoms with Gasteiger partial charge in [-0.2, -0.15) is 4.31 Å². The number of hydrogen-bond acceptors (Lipinski definition) is 4. The van der Waals surface area contributed by atoms with Crippen LogP contribution in [-0.2, 0) is 14.8 Å². The Balaban J connectivity index is 1.44. The first-order valence-corrected chi connectivity index (χ1v) is 11.4. The molecule has 0 saturated carbocycles. The van der Waals surface area contributed by atoms with Crippen molar-refractivity contribution in [2.45, 2.75) is 24.7 Å². The first-order chi connectivity index (χ1) is 14.7. The number of halogens is 1. The van der Waals surface area contributed by atoms with Gasteiger partial charge in [0.2, 0.25) is 21.5 Å². The number of carbonyl (C=O) groups excluding carboxylic acids is 1. The second kappa shape index (κ2) is 8.24. The number of sulfonamides is 1. The van der Waals surface area contributed by atoms with Crippen molar-refractivity contribution in [3.05, 3.63) is 70.3 Å². The zero-order valence-electron chi connectivity index (χ0n) is 16.9. The van der Waals surface area contributed by atoms with Crippen molar-refractivity contribution >= 4 is 32.5 Å². The van der Waals surface area contributed by atoms with Crippen LogP contribution >= 0.6 is 0 Å². The Kier molecular flexibility index (Phi) is 5.63. The van der Waals surface area contributed by atoms with Crippen LogP contribution in [0.25, 0.3) is 10.9 Å². The first kappa shape index (κ1) is 21.2. The molecule has 7 nitrogen and oxygen atoms in total. The Hall–Kier alpha value is -3.04. The molecule has 3 aromatic rings. The van der Waals surface area contributed by atoms with Crippen LogP contribution in [-0.4, -0.2) is 36.7 Å². The number of H-pyrrole nitrogens is 1. The van der Waals surface area contributed by atoms with Gasteiger partial charge in [0.15, 0.2) is 0 Å². The Bertz CT molecular complexity index is 1310. The highest BCUT2D eigenvalue weighted by Crippen LogP contribution is 2.27. The molecule has 2 aromatic carbocycles. The van der Waals surface area contributed by atoms with Gasteiger partial charge in [-0.05, 0) is 73.2 Å². The van der Waals surface area contributed by atoms with Gasteiger partial charge in [-0.3, -0.25) is 9.59 Å². The van der Waals surface area contributed by atoms with Crippen LogP contribution in [0, 0.1) is 18.7 Å². The fourth-order valence-electron chi connectivity index (χ4n) is 3.80. The number of carbonyl (C=O) groups is 1. The summed E-state index contributed by atoms with van der Waals surface area (Å²) >= 11 is 0. The molecule has 0 radical (unpaired) electrons. The predicted molar refractivity (Wildman–Crippen MR) is 116 cm³/mol. The predicted octanol–water partition coefficient (Wildman–Crippen LogP) is 3.02. The number of piperidine rings is 1. The number of anilines is 1. The summed E-state index contributed by atoms with van der Waals surface area (Å²) in [7, 11) is -3.72. The molecule has 0 atom stereocenters. The summed E-state index contributed by atoms with van der Waals surface area (Å²) in [4.78, 5) is 26.8. The number of aromatic amines is 1. The number of amides is 1. The lowest BCUT2D eigenvalue weighted by Crippen LogP contribution is -2.41. The maximum Gasteiger partial charge on any atom is 0.248 e. The lowest BCUT2D eigenvalue weighted by atomic mass is 9.97. The van der Waals surface area contributed by atoms with Gasteiger partial charge in [-0.15, -0.1) is 0 Å². The quantitative estimate of drug-likeness (QED) is 0.648. The number of nitrogens with one attached hydrogen (secondary N) is 2. The van der Waals surface area contributed by atoms with Crippen LogP contribution in [0.3, 0.4) is 0 Å². The summed E-state index contributed by atoms with van der Waals surface area (Å²) in [5, 5.41) is 3.44. The van der Waals surface area contributed by atoms with Gasteiger partial charge in [-0.25, -0.2) is 12.8 Å². The van der Waals surface area contributed by atoms with Gasteiger partial charge in [0.05, 0.1) is 4.90 Å². The van der Waals surface area contributed by atoms with E-state index in [1.165, 1.54) is 40.7 Å². The number of hydrogen-bond donors (Lipinski definition) is 2. The summed E-state index contributed by atoms with van der Waals surface area (Å²) in [5.41, 5.74) is 1.50. The first-order valence-electron chi connectivity index (χ1n) is 9.94. The van der Waals surface area contributed by atoms with Crippen LogP contribution in [0.5, 0.6) is 0 Å². The topological polar surface area (TPSA) is 99.3 Å². The molecule has 162 valence electrons. The number of benzene rings is 2. The van der Waals surface area contributed by atoms with Crippen molar-refractivity contribution in [1.82, 2.24) is 9.29 Å². The zero-order chi connectivity index (χ0) is 22.2. The molecule has 1 saturated heterocycles. The second-order valence-corrected chi connectivity index (χ2v) is 9.64. The average Bonchev–Trinajstić information content (AvgIpc) is 2.75. The van der Waals surface area contributed by atoms with Crippen molar-refractivity contribution in [3.8, 4) is 0 Å². The fourth-order valence-corrected chi connectivity index (χ4v) is 5.31. The minimum Gasteiger partial charge on any atom is -0.326 e. The molecule has 0 aliphatic carbocycles. The summed E-state index contributed by atoms with van der Waals surface area (Å²) in [5.74, 6) is -0.881. The van der Waals surface area contributed by atoms with Gasteiger partial charge in [0, 0.05) is 36.3 Å². The number of nitrogens with zero attached hydrogens (tertiary/aromatic N) is 1. The molecular formula is C22H22FN3O4S. The molecule has 9 heteroatoms. The number of pyridine rings is 1. The lowest BCUT2D eigenvalue weighted by molar-refractivity contribution is -0.120. The summed E-state index contributed by atoms with van der Waals surface area (Å²) < 4.78 is 40.7. The van der Waals surface area contributed by atoms with Crippen molar-refractivity contribution in [3.63, 3.8) is 0 Å². The molecule has 0 spiro atoms. The molecule has 2 N–H and O–H groups in total. The minimum atomic E-state index is -3.72. The van der Waals surface area contributed by atoms with Crippen LogP contribution in [0.4, 0.5) is 10.1 Å². The van der Waals surface area contributed by atoms with E-state index in [-0.39, 0.29) is 41.2 Å². The monoisotopic (exact) mass is 443 g/mol. The maximum absolute atomic E-state index is 13.2. The Morgan fingerprint density at radius 3 is 2.55 bits per heavy atom. The van der Waals surface area contributed by atoms with E-state index in [0.29, 0.717) is 35.0 Å². The van der Waals surface area contributed by atoms with Crippen molar-refractivity contribution in [2.24, 2.45) is 5.92 Å². The molecule has 0 bridgehead atoms. The molecule has 4 rings (SSSR count). The maximum atomic E-state index is 13.2. The SMILES string of the molecule is Cc1cc(F)ccc1NC(=O)C1CCN(S(=O)(=O)c2ccc3[nH]c(=O)ccc3c2)CC1. The standard InChI is InChI=1S/C22H22FN3O4S/c1-14-12-17(23)3-5-19(14)25-22(28)15-8-10-26(11-9-15)31(29,30)18-4-6-20-16(13-18)2-7-21(27)24-20/h2-7,12-13,15H,8-11H2,1H3,(H,24,27)(H,25,28). The molecular weight excluding hydrogens is 421 g/mol. The van der Waals surface area contributed by atoms with Gasteiger partial charge in [0.25, 0.3) is 0 Å². The molecule has 1 aliphatic rings. The number of aryl methyl sites for hydroxylation is 1. The van der Waals surface area contributed by atoms with Crippen LogP contribution in [0.15, 0.2) is 58.2 Å². The number of rotatable bonds is 4. The summed E-state index contributed by atoms with van der Waals surface area (Å²) in [6.07, 6.45) is 0.790. The van der Waals surface area contributed by atoms with Crippen molar-refractivity contribution in [2.75, 3.05) is 18.4 Å². The molecule has 1 amide bonds. The third-order valence-electron chi connectivity index (χ3n) is 5.60. The van der Waals surface area contributed by atoms with E-state index in [4.69, 9.17) is 0 Å². The van der Waals surface area contributed by atoms with Crippen molar-refractivity contribution < 1.29 is 17.6 Å². The molecule has 1 fully saturated rings. The van der Waals surface area contributed by atoms with Crippen molar-refractivity contribution in [1.29, 1.82) is 0 Å². The van der Waals surface area contributed by atoms with E-state index in [1.807, 2.05) is 0 Å². The van der Waals surface area contributed by atoms with E-state index in [0.717, 1.165) is 0 Å². The van der Waals surface area contributed by atoms with E-state index < -0.39 is 10.0 Å². The smallest absolute Gasteiger partial charge is 0.248 e. The molecule has 1 aromatic heterocycles. The molecule has 1 aliphatic heterocycles. The molecule has 0 unspecified atom stereocenters. The highest BCUT2D eigenvalue weighted by molar-refractivity contribution is 7.89. The fraction of sp³-hybridized carbons (Fsp3) is 0.273. The normalized spacial score (nSPS) is 15.8. The van der Waals surface area contributed by atoms with Gasteiger partial charge >= 0.3 is 0 Å². The highest BCUT2D eigenvalue weighted by atomic mass is 32.2. The minimum absolute atomic E-state index is 0.150. The molecule has 31 heavy (non-hydrogen) atoms. The third-order valence-corrected chi connectivity index (χ3v) is 7.50. The van der Waals surface area contributed by atoms with Gasteiger partial charge in [-0.1, -0.05) is 0 Å². The van der Waals surface area contributed by atoms with Gasteiger partial charge < -0.3 is 10.3 Å². The number of fused-ring (bicyclic) bond motifs is 1. The highest BCUT2D eigenvalue weighted by Gasteiger charge is 2.32. The van der Waals surface area contributed by atoms with E-state index >= 15 is 0 Å². The number of aromatic nitrogens is 1. The van der Waals surface area contributed by atoms with Crippen LogP contribution in [0.1, 0.15) is 18.4 Å². The second-order valence-electron chi connectivity index (χ2n) is 7.70. The van der Waals surface area contributed by atoms with Gasteiger partial charge in [0.1, 0.15) is 5.82 Å². The Labute approximate surface area is 178 Å². The summed E-state index contributed by atoms with van der Waals surface area (Å²) in [6.45, 7) is 2.17. The van der Waals surface area contributed by atoms with E-state index in [2.05, 4.69) is 10.3 Å². The average molecular weight is 444 g/mol. The zero-order valence-corrected chi connectivity index (χ0v) is 17.7. The molecule has 2 heterocycles. The van der Waals surface area contributed by atoms with Crippen LogP contribution < -0.4 is 10.9 Å². The largest absolute Gasteiger partial charge is 0.326 e. The van der Waals surface area contributed by atoms with Crippen LogP contribution in [0.2, 0.25) is 0 Å². The van der Waals surface area contributed by atoms with E-state index in [9.17, 15) is 22.4 Å². The Morgan fingerprint density at radius 1 is 1.10 bits per heavy atom. The summed E-state index contributed by atoms with van der Waals surface area (Å²) in [6, 6.07) is 11.7. The Morgan fingerprint density at radius 2 is 1.84 bits per heavy atom. The lowest BCUT2D eigenvalue weighted by Gasteiger charge is -2.30. The third kappa shape index (κ3) is 4.38.